The lowest BCUT2D eigenvalue weighted by Gasteiger charge is -2.20. The van der Waals surface area contributed by atoms with Crippen molar-refractivity contribution >= 4 is 30.1 Å². The number of rotatable bonds is 3. The minimum atomic E-state index is -5.07. The zero-order valence-electron chi connectivity index (χ0n) is 9.86. The number of halogens is 4. The molecule has 98 valence electrons. The lowest BCUT2D eigenvalue weighted by molar-refractivity contribution is 0.503. The van der Waals surface area contributed by atoms with Gasteiger partial charge in [-0.2, -0.15) is 0 Å². The molecule has 0 aliphatic heterocycles. The van der Waals surface area contributed by atoms with E-state index in [1.807, 2.05) is 0 Å². The van der Waals surface area contributed by atoms with Gasteiger partial charge in [0.25, 0.3) is 0 Å². The molecule has 0 radical (unpaired) electrons. The Morgan fingerprint density at radius 1 is 0.895 bits per heavy atom. The van der Waals surface area contributed by atoms with Gasteiger partial charge in [-0.05, 0) is 17.7 Å². The van der Waals surface area contributed by atoms with Crippen LogP contribution in [0.15, 0.2) is 54.6 Å². The molecule has 0 saturated heterocycles. The fourth-order valence-corrected chi connectivity index (χ4v) is 1.86. The molecule has 0 spiro atoms. The second-order valence-electron chi connectivity index (χ2n) is 4.09. The fourth-order valence-electron chi connectivity index (χ4n) is 1.74. The zero-order valence-corrected chi connectivity index (χ0v) is 10.6. The van der Waals surface area contributed by atoms with Crippen LogP contribution in [-0.4, -0.2) is 6.98 Å². The average molecular weight is 281 g/mol. The summed E-state index contributed by atoms with van der Waals surface area (Å²) in [5.74, 6) is 0. The van der Waals surface area contributed by atoms with E-state index in [0.29, 0.717) is 10.6 Å². The molecule has 0 heterocycles. The molecule has 0 aliphatic carbocycles. The van der Waals surface area contributed by atoms with Gasteiger partial charge in [0, 0.05) is 5.02 Å². The Kier molecular flexibility index (Phi) is 4.00. The first kappa shape index (κ1) is 13.7. The maximum Gasteiger partial charge on any atom is 0.510 e. The Morgan fingerprint density at radius 3 is 2.00 bits per heavy atom. The van der Waals surface area contributed by atoms with E-state index in [4.69, 9.17) is 11.6 Å². The summed E-state index contributed by atoms with van der Waals surface area (Å²) in [6.45, 7) is -5.07. The van der Waals surface area contributed by atoms with E-state index >= 15 is 0 Å². The summed E-state index contributed by atoms with van der Waals surface area (Å²) in [6, 6.07) is 14.0. The van der Waals surface area contributed by atoms with E-state index in [1.54, 1.807) is 42.5 Å². The van der Waals surface area contributed by atoms with Crippen molar-refractivity contribution in [2.24, 2.45) is 0 Å². The van der Waals surface area contributed by atoms with Crippen LogP contribution in [0, 0.1) is 0 Å². The van der Waals surface area contributed by atoms with Gasteiger partial charge in [0.2, 0.25) is 0 Å². The molecule has 0 bridgehead atoms. The van der Waals surface area contributed by atoms with Gasteiger partial charge in [-0.1, -0.05) is 65.7 Å². The Hall–Kier alpha value is -1.68. The average Bonchev–Trinajstić information content (AvgIpc) is 2.37. The summed E-state index contributed by atoms with van der Waals surface area (Å²) >= 11 is 5.72. The minimum Gasteiger partial charge on any atom is -0.445 e. The maximum atomic E-state index is 13.1. The molecule has 0 atom stereocenters. The Balaban J connectivity index is 2.47. The molecule has 0 amide bonds. The highest BCUT2D eigenvalue weighted by atomic mass is 35.5. The van der Waals surface area contributed by atoms with Crippen LogP contribution in [0.4, 0.5) is 12.9 Å². The number of hydrogen-bond acceptors (Lipinski definition) is 0. The summed E-state index contributed by atoms with van der Waals surface area (Å²) in [6.07, 6.45) is 1.14. The van der Waals surface area contributed by atoms with Crippen LogP contribution < -0.4 is 0 Å². The van der Waals surface area contributed by atoms with Crippen molar-refractivity contribution in [2.45, 2.75) is 0 Å². The van der Waals surface area contributed by atoms with Gasteiger partial charge in [0.15, 0.2) is 0 Å². The van der Waals surface area contributed by atoms with Gasteiger partial charge in [-0.15, -0.1) is 5.47 Å². The Morgan fingerprint density at radius 2 is 1.47 bits per heavy atom. The van der Waals surface area contributed by atoms with E-state index in [1.165, 1.54) is 12.1 Å². The van der Waals surface area contributed by atoms with Crippen molar-refractivity contribution in [3.05, 3.63) is 70.7 Å². The lowest BCUT2D eigenvalue weighted by Crippen LogP contribution is -2.18. The van der Waals surface area contributed by atoms with Crippen molar-refractivity contribution in [1.82, 2.24) is 0 Å². The van der Waals surface area contributed by atoms with Gasteiger partial charge in [-0.3, -0.25) is 0 Å². The lowest BCUT2D eigenvalue weighted by atomic mass is 9.74. The summed E-state index contributed by atoms with van der Waals surface area (Å²) in [5, 5.41) is 0.496. The van der Waals surface area contributed by atoms with Gasteiger partial charge < -0.3 is 12.9 Å². The van der Waals surface area contributed by atoms with Crippen LogP contribution in [0.2, 0.25) is 5.02 Å². The van der Waals surface area contributed by atoms with Gasteiger partial charge >= 0.3 is 6.98 Å². The highest BCUT2D eigenvalue weighted by Crippen LogP contribution is 2.31. The molecular weight excluding hydrogens is 271 g/mol. The molecule has 0 aromatic heterocycles. The van der Waals surface area contributed by atoms with Crippen molar-refractivity contribution < 1.29 is 12.9 Å². The molecular formula is C14H10BClF3-. The third-order valence-corrected chi connectivity index (χ3v) is 2.90. The third kappa shape index (κ3) is 3.64. The van der Waals surface area contributed by atoms with Crippen molar-refractivity contribution in [2.75, 3.05) is 0 Å². The predicted octanol–water partition coefficient (Wildman–Crippen LogP) is 5.27. The zero-order chi connectivity index (χ0) is 13.9. The SMILES string of the molecule is F[B-](F)(F)/C(=C/c1ccc(Cl)cc1)c1ccccc1. The molecule has 0 nitrogen and oxygen atoms in total. The second kappa shape index (κ2) is 5.53. The van der Waals surface area contributed by atoms with Gasteiger partial charge in [0.1, 0.15) is 0 Å². The maximum absolute atomic E-state index is 13.1. The molecule has 0 N–H and O–H groups in total. The summed E-state index contributed by atoms with van der Waals surface area (Å²) in [4.78, 5) is 0. The van der Waals surface area contributed by atoms with E-state index in [2.05, 4.69) is 0 Å². The van der Waals surface area contributed by atoms with Gasteiger partial charge in [0.05, 0.1) is 0 Å². The summed E-state index contributed by atoms with van der Waals surface area (Å²) in [7, 11) is 0. The van der Waals surface area contributed by atoms with E-state index in [0.717, 1.165) is 6.08 Å². The van der Waals surface area contributed by atoms with Crippen molar-refractivity contribution in [3.63, 3.8) is 0 Å². The van der Waals surface area contributed by atoms with E-state index < -0.39 is 12.4 Å². The van der Waals surface area contributed by atoms with Crippen molar-refractivity contribution in [1.29, 1.82) is 0 Å². The molecule has 0 unspecified atom stereocenters. The van der Waals surface area contributed by atoms with Crippen LogP contribution in [0.5, 0.6) is 0 Å². The first-order valence-corrected chi connectivity index (χ1v) is 6.07. The first-order valence-electron chi connectivity index (χ1n) is 5.69. The molecule has 5 heteroatoms. The van der Waals surface area contributed by atoms with Crippen molar-refractivity contribution in [3.8, 4) is 0 Å². The molecule has 2 aromatic rings. The molecule has 19 heavy (non-hydrogen) atoms. The molecule has 0 aliphatic rings. The number of benzene rings is 2. The molecule has 2 aromatic carbocycles. The standard InChI is InChI=1S/C14H10BClF3/c16-13-8-6-11(7-9-13)10-14(15(17,18)19)12-4-2-1-3-5-12/h1-10H/q-1/b14-10+. The highest BCUT2D eigenvalue weighted by Gasteiger charge is 2.29. The minimum absolute atomic E-state index is 0.171. The number of hydrogen-bond donors (Lipinski definition) is 0. The highest BCUT2D eigenvalue weighted by molar-refractivity contribution is 6.80. The molecule has 0 saturated carbocycles. The summed E-state index contributed by atoms with van der Waals surface area (Å²) < 4.78 is 39.4. The van der Waals surface area contributed by atoms with Crippen LogP contribution in [0.1, 0.15) is 11.1 Å². The van der Waals surface area contributed by atoms with Crippen LogP contribution in [-0.2, 0) is 0 Å². The topological polar surface area (TPSA) is 0 Å². The molecule has 2 rings (SSSR count). The van der Waals surface area contributed by atoms with E-state index in [-0.39, 0.29) is 5.56 Å². The monoisotopic (exact) mass is 281 g/mol. The largest absolute Gasteiger partial charge is 0.510 e. The fraction of sp³-hybridized carbons (Fsp3) is 0. The predicted molar refractivity (Wildman–Crippen MR) is 74.8 cm³/mol. The third-order valence-electron chi connectivity index (χ3n) is 2.65. The van der Waals surface area contributed by atoms with Crippen LogP contribution in [0.25, 0.3) is 11.5 Å². The smallest absolute Gasteiger partial charge is 0.445 e. The van der Waals surface area contributed by atoms with Gasteiger partial charge in [-0.25, -0.2) is 0 Å². The molecule has 0 fully saturated rings. The second-order valence-corrected chi connectivity index (χ2v) is 4.53. The van der Waals surface area contributed by atoms with Crippen LogP contribution >= 0.6 is 11.6 Å². The summed E-state index contributed by atoms with van der Waals surface area (Å²) in [5.41, 5.74) is 0.0373. The quantitative estimate of drug-likeness (QED) is 0.531. The normalized spacial score (nSPS) is 12.5. The Labute approximate surface area is 114 Å². The first-order chi connectivity index (χ1) is 8.97. The van der Waals surface area contributed by atoms with Crippen LogP contribution in [0.3, 0.4) is 0 Å². The van der Waals surface area contributed by atoms with E-state index in [9.17, 15) is 12.9 Å². The Bertz CT molecular complexity index is 574.